The highest BCUT2D eigenvalue weighted by Gasteiger charge is 2.30. The van der Waals surface area contributed by atoms with Crippen molar-refractivity contribution in [3.63, 3.8) is 0 Å². The van der Waals surface area contributed by atoms with Crippen LogP contribution in [0.1, 0.15) is 5.56 Å². The van der Waals surface area contributed by atoms with Crippen LogP contribution in [0.2, 0.25) is 0 Å². The molecule has 0 aromatic heterocycles. The van der Waals surface area contributed by atoms with Gasteiger partial charge in [0.25, 0.3) is 0 Å². The topological polar surface area (TPSA) is 60.3 Å². The van der Waals surface area contributed by atoms with Gasteiger partial charge in [0.05, 0.1) is 31.1 Å². The van der Waals surface area contributed by atoms with Gasteiger partial charge in [0, 0.05) is 10.5 Å². The molecule has 2 aromatic carbocycles. The number of thioether (sulfide) groups is 1. The molecule has 1 saturated heterocycles. The highest BCUT2D eigenvalue weighted by Crippen LogP contribution is 2.32. The Morgan fingerprint density at radius 3 is 2.44 bits per heavy atom. The minimum absolute atomic E-state index is 0.278. The van der Waals surface area contributed by atoms with Gasteiger partial charge in [-0.05, 0) is 48.7 Å². The zero-order valence-corrected chi connectivity index (χ0v) is 16.8. The summed E-state index contributed by atoms with van der Waals surface area (Å²) in [6, 6.07) is 13.1. The zero-order chi connectivity index (χ0) is 18.9. The molecule has 0 saturated carbocycles. The molecular weight excluding hydrogens is 384 g/mol. The number of hydrogen-bond donors (Lipinski definition) is 1. The maximum Gasteiger partial charge on any atom is 0.243 e. The molecule has 27 heavy (non-hydrogen) atoms. The van der Waals surface area contributed by atoms with Crippen molar-refractivity contribution in [2.24, 2.45) is 0 Å². The van der Waals surface area contributed by atoms with Crippen molar-refractivity contribution in [1.29, 1.82) is 0 Å². The second-order valence-corrected chi connectivity index (χ2v) is 9.51. The molecule has 0 unspecified atom stereocenters. The third-order valence-corrected chi connectivity index (χ3v) is 7.67. The first-order valence-corrected chi connectivity index (χ1v) is 11.6. The fraction of sp³-hybridized carbons (Fsp3) is 0.368. The Labute approximate surface area is 164 Å². The van der Waals surface area contributed by atoms with Crippen molar-refractivity contribution in [1.82, 2.24) is 4.31 Å². The molecule has 0 spiro atoms. The molecule has 0 amide bonds. The Hall–Kier alpha value is -1.74. The minimum Gasteiger partial charge on any atom is -0.454 e. The molecule has 0 bridgehead atoms. The van der Waals surface area contributed by atoms with Crippen LogP contribution in [-0.2, 0) is 16.6 Å². The van der Waals surface area contributed by atoms with Crippen LogP contribution in [0.15, 0.2) is 52.3 Å². The van der Waals surface area contributed by atoms with Crippen molar-refractivity contribution < 1.29 is 22.8 Å². The van der Waals surface area contributed by atoms with E-state index in [1.54, 1.807) is 28.2 Å². The fourth-order valence-electron chi connectivity index (χ4n) is 3.46. The normalized spacial score (nSPS) is 18.0. The van der Waals surface area contributed by atoms with Crippen molar-refractivity contribution in [3.05, 3.63) is 48.0 Å². The van der Waals surface area contributed by atoms with Gasteiger partial charge in [-0.3, -0.25) is 0 Å². The molecule has 2 aliphatic heterocycles. The van der Waals surface area contributed by atoms with Gasteiger partial charge in [-0.2, -0.15) is 4.31 Å². The third-order valence-electron chi connectivity index (χ3n) is 5.02. The Bertz CT molecular complexity index is 908. The third kappa shape index (κ3) is 3.94. The number of piperazine rings is 1. The number of hydrogen-bond acceptors (Lipinski definition) is 5. The van der Waals surface area contributed by atoms with Gasteiger partial charge < -0.3 is 14.4 Å². The van der Waals surface area contributed by atoms with E-state index in [1.807, 2.05) is 30.5 Å². The minimum atomic E-state index is -3.42. The summed E-state index contributed by atoms with van der Waals surface area (Å²) < 4.78 is 38.1. The quantitative estimate of drug-likeness (QED) is 0.756. The largest absolute Gasteiger partial charge is 0.454 e. The molecule has 4 rings (SSSR count). The summed E-state index contributed by atoms with van der Waals surface area (Å²) in [5.74, 6) is 1.58. The lowest BCUT2D eigenvalue weighted by Gasteiger charge is -2.31. The average molecular weight is 408 g/mol. The summed E-state index contributed by atoms with van der Waals surface area (Å²) in [4.78, 5) is 2.81. The lowest BCUT2D eigenvalue weighted by Crippen LogP contribution is -3.13. The van der Waals surface area contributed by atoms with E-state index in [-0.39, 0.29) is 6.79 Å². The first kappa shape index (κ1) is 18.6. The summed E-state index contributed by atoms with van der Waals surface area (Å²) in [5, 5.41) is 0. The van der Waals surface area contributed by atoms with Gasteiger partial charge in [-0.1, -0.05) is 0 Å². The van der Waals surface area contributed by atoms with Crippen LogP contribution < -0.4 is 14.4 Å². The Balaban J connectivity index is 1.38. The van der Waals surface area contributed by atoms with Crippen molar-refractivity contribution >= 4 is 21.8 Å². The number of nitrogens with zero attached hydrogens (tertiary/aromatic N) is 1. The summed E-state index contributed by atoms with van der Waals surface area (Å²) in [6.07, 6.45) is 1.98. The van der Waals surface area contributed by atoms with Crippen LogP contribution in [0.5, 0.6) is 11.5 Å². The maximum absolute atomic E-state index is 12.9. The van der Waals surface area contributed by atoms with Crippen molar-refractivity contribution in [3.8, 4) is 11.5 Å². The Morgan fingerprint density at radius 2 is 1.74 bits per heavy atom. The van der Waals surface area contributed by atoms with E-state index < -0.39 is 10.0 Å². The summed E-state index contributed by atoms with van der Waals surface area (Å²) in [6.45, 7) is 3.78. The Kier molecular flexibility index (Phi) is 5.32. The van der Waals surface area contributed by atoms with E-state index in [0.717, 1.165) is 36.0 Å². The number of ether oxygens (including phenoxy) is 2. The number of fused-ring (bicyclic) bond motifs is 1. The van der Waals surface area contributed by atoms with Gasteiger partial charge in [0.1, 0.15) is 6.54 Å². The van der Waals surface area contributed by atoms with Gasteiger partial charge in [-0.25, -0.2) is 8.42 Å². The molecule has 6 nitrogen and oxygen atoms in total. The first-order chi connectivity index (χ1) is 13.1. The Morgan fingerprint density at radius 1 is 1.04 bits per heavy atom. The molecule has 2 aliphatic rings. The number of nitrogens with one attached hydrogen (secondary N) is 1. The second kappa shape index (κ2) is 7.71. The van der Waals surface area contributed by atoms with Crippen LogP contribution in [-0.4, -0.2) is 52.0 Å². The fourth-order valence-corrected chi connectivity index (χ4v) is 5.31. The first-order valence-electron chi connectivity index (χ1n) is 8.92. The highest BCUT2D eigenvalue weighted by atomic mass is 32.2. The summed E-state index contributed by atoms with van der Waals surface area (Å²) in [5.41, 5.74) is 1.18. The predicted octanol–water partition coefficient (Wildman–Crippen LogP) is 1.23. The molecule has 144 valence electrons. The van der Waals surface area contributed by atoms with E-state index in [0.29, 0.717) is 18.0 Å². The number of quaternary nitrogens is 1. The smallest absolute Gasteiger partial charge is 0.243 e. The molecular formula is C19H23N2O4S2+. The van der Waals surface area contributed by atoms with E-state index in [2.05, 4.69) is 6.07 Å². The van der Waals surface area contributed by atoms with Gasteiger partial charge >= 0.3 is 0 Å². The number of sulfonamides is 1. The van der Waals surface area contributed by atoms with Crippen molar-refractivity contribution in [2.75, 3.05) is 39.2 Å². The van der Waals surface area contributed by atoms with E-state index in [9.17, 15) is 8.42 Å². The molecule has 1 N–H and O–H groups in total. The molecule has 1 fully saturated rings. The zero-order valence-electron chi connectivity index (χ0n) is 15.2. The SMILES string of the molecule is CSc1ccc(S(=O)(=O)N2CC[NH+](Cc3ccc4c(c3)OCO4)CC2)cc1. The highest BCUT2D eigenvalue weighted by molar-refractivity contribution is 7.98. The van der Waals surface area contributed by atoms with Gasteiger partial charge in [0.2, 0.25) is 16.8 Å². The molecule has 0 atom stereocenters. The number of benzene rings is 2. The van der Waals surface area contributed by atoms with Crippen molar-refractivity contribution in [2.45, 2.75) is 16.3 Å². The van der Waals surface area contributed by atoms with Crippen LogP contribution in [0.25, 0.3) is 0 Å². The van der Waals surface area contributed by atoms with Crippen LogP contribution in [0.4, 0.5) is 0 Å². The van der Waals surface area contributed by atoms with E-state index in [4.69, 9.17) is 9.47 Å². The molecule has 0 aliphatic carbocycles. The number of rotatable bonds is 5. The van der Waals surface area contributed by atoms with E-state index >= 15 is 0 Å². The predicted molar refractivity (Wildman–Crippen MR) is 104 cm³/mol. The molecule has 2 heterocycles. The molecule has 0 radical (unpaired) electrons. The van der Waals surface area contributed by atoms with Gasteiger partial charge in [-0.15, -0.1) is 11.8 Å². The lowest BCUT2D eigenvalue weighted by atomic mass is 10.2. The summed E-state index contributed by atoms with van der Waals surface area (Å²) in [7, 11) is -3.42. The molecule has 8 heteroatoms. The average Bonchev–Trinajstić information content (AvgIpc) is 3.16. The monoisotopic (exact) mass is 407 g/mol. The van der Waals surface area contributed by atoms with E-state index in [1.165, 1.54) is 10.5 Å². The second-order valence-electron chi connectivity index (χ2n) is 6.69. The van der Waals surface area contributed by atoms with Crippen LogP contribution in [0.3, 0.4) is 0 Å². The van der Waals surface area contributed by atoms with Crippen LogP contribution in [0, 0.1) is 0 Å². The molecule has 2 aromatic rings. The standard InChI is InChI=1S/C19H22N2O4S2/c1-26-16-3-5-17(6-4-16)27(22,23)21-10-8-20(9-11-21)13-15-2-7-18-19(12-15)25-14-24-18/h2-7,12H,8-11,13-14H2,1H3/p+1. The lowest BCUT2D eigenvalue weighted by molar-refractivity contribution is -0.917. The summed E-state index contributed by atoms with van der Waals surface area (Å²) >= 11 is 1.60. The maximum atomic E-state index is 12.9. The van der Waals surface area contributed by atoms with Crippen LogP contribution >= 0.6 is 11.8 Å². The van der Waals surface area contributed by atoms with Gasteiger partial charge in [0.15, 0.2) is 11.5 Å².